The lowest BCUT2D eigenvalue weighted by Gasteiger charge is -2.14. The van der Waals surface area contributed by atoms with Crippen molar-refractivity contribution in [3.63, 3.8) is 0 Å². The van der Waals surface area contributed by atoms with Crippen molar-refractivity contribution in [3.05, 3.63) is 57.8 Å². The number of carbonyl (C=O) groups excluding carboxylic acids is 1. The number of amides is 2. The first-order valence-corrected chi connectivity index (χ1v) is 7.31. The van der Waals surface area contributed by atoms with Gasteiger partial charge in [-0.25, -0.2) is 9.59 Å². The van der Waals surface area contributed by atoms with Gasteiger partial charge >= 0.3 is 12.0 Å². The first-order valence-electron chi connectivity index (χ1n) is 6.43. The maximum Gasteiger partial charge on any atom is 0.331 e. The van der Waals surface area contributed by atoms with Crippen molar-refractivity contribution < 1.29 is 14.7 Å². The molecule has 2 amide bonds. The van der Waals surface area contributed by atoms with Crippen LogP contribution in [0, 0.1) is 6.92 Å². The zero-order valence-corrected chi connectivity index (χ0v) is 12.3. The second-order valence-electron chi connectivity index (χ2n) is 4.54. The highest BCUT2D eigenvalue weighted by Crippen LogP contribution is 2.19. The number of hydrogen-bond donors (Lipinski definition) is 3. The van der Waals surface area contributed by atoms with Gasteiger partial charge in [-0.3, -0.25) is 0 Å². The number of thiophene rings is 1. The lowest BCUT2D eigenvalue weighted by atomic mass is 10.1. The van der Waals surface area contributed by atoms with E-state index in [1.807, 2.05) is 31.2 Å². The zero-order valence-electron chi connectivity index (χ0n) is 11.5. The van der Waals surface area contributed by atoms with Crippen LogP contribution in [-0.2, 0) is 11.3 Å². The van der Waals surface area contributed by atoms with Crippen molar-refractivity contribution in [1.82, 2.24) is 10.6 Å². The third kappa shape index (κ3) is 4.06. The number of nitrogens with one attached hydrogen (secondary N) is 2. The highest BCUT2D eigenvalue weighted by molar-refractivity contribution is 7.10. The number of hydrogen-bond acceptors (Lipinski definition) is 3. The lowest BCUT2D eigenvalue weighted by Crippen LogP contribution is -2.40. The van der Waals surface area contributed by atoms with Gasteiger partial charge in [-0.2, -0.15) is 0 Å². The van der Waals surface area contributed by atoms with E-state index in [0.717, 1.165) is 11.1 Å². The molecule has 0 radical (unpaired) electrons. The number of aryl methyl sites for hydroxylation is 1. The summed E-state index contributed by atoms with van der Waals surface area (Å²) < 4.78 is 0. The summed E-state index contributed by atoms with van der Waals surface area (Å²) in [6, 6.07) is 9.61. The summed E-state index contributed by atoms with van der Waals surface area (Å²) >= 11 is 1.29. The molecule has 0 aliphatic heterocycles. The minimum Gasteiger partial charge on any atom is -0.479 e. The summed E-state index contributed by atoms with van der Waals surface area (Å²) in [5.74, 6) is -1.08. The highest BCUT2D eigenvalue weighted by Gasteiger charge is 2.22. The van der Waals surface area contributed by atoms with Crippen LogP contribution in [0.2, 0.25) is 0 Å². The molecular weight excluding hydrogens is 288 g/mol. The van der Waals surface area contributed by atoms with Gasteiger partial charge in [0.15, 0.2) is 6.04 Å². The van der Waals surface area contributed by atoms with E-state index in [1.54, 1.807) is 17.5 Å². The minimum atomic E-state index is -1.08. The van der Waals surface area contributed by atoms with E-state index < -0.39 is 18.0 Å². The molecule has 3 N–H and O–H groups in total. The van der Waals surface area contributed by atoms with Gasteiger partial charge < -0.3 is 15.7 Å². The topological polar surface area (TPSA) is 78.4 Å². The summed E-state index contributed by atoms with van der Waals surface area (Å²) in [7, 11) is 0. The monoisotopic (exact) mass is 304 g/mol. The molecule has 1 aromatic heterocycles. The quantitative estimate of drug-likeness (QED) is 0.794. The Hall–Kier alpha value is -2.34. The Morgan fingerprint density at radius 2 is 2.00 bits per heavy atom. The fourth-order valence-electron chi connectivity index (χ4n) is 1.88. The molecule has 2 rings (SSSR count). The number of carbonyl (C=O) groups is 2. The molecule has 110 valence electrons. The smallest absolute Gasteiger partial charge is 0.331 e. The summed E-state index contributed by atoms with van der Waals surface area (Å²) in [5.41, 5.74) is 2.07. The average molecular weight is 304 g/mol. The molecule has 0 saturated carbocycles. The molecule has 21 heavy (non-hydrogen) atoms. The molecule has 0 spiro atoms. The molecule has 1 unspecified atom stereocenters. The van der Waals surface area contributed by atoms with E-state index in [1.165, 1.54) is 11.3 Å². The molecule has 1 atom stereocenters. The van der Waals surface area contributed by atoms with Crippen LogP contribution in [0.3, 0.4) is 0 Å². The van der Waals surface area contributed by atoms with Gasteiger partial charge in [-0.1, -0.05) is 30.3 Å². The Morgan fingerprint density at radius 3 is 2.62 bits per heavy atom. The Bertz CT molecular complexity index is 626. The molecular formula is C15H16N2O3S. The predicted molar refractivity (Wildman–Crippen MR) is 81.2 cm³/mol. The fraction of sp³-hybridized carbons (Fsp3) is 0.200. The van der Waals surface area contributed by atoms with Crippen LogP contribution in [0.5, 0.6) is 0 Å². The second kappa shape index (κ2) is 6.90. The van der Waals surface area contributed by atoms with Crippen LogP contribution in [0.4, 0.5) is 4.79 Å². The van der Waals surface area contributed by atoms with Gasteiger partial charge in [0.2, 0.25) is 0 Å². The number of urea groups is 1. The van der Waals surface area contributed by atoms with Crippen LogP contribution >= 0.6 is 11.3 Å². The normalized spacial score (nSPS) is 11.7. The standard InChI is InChI=1S/C15H16N2O3S/c1-10-5-2-3-6-11(10)9-16-15(20)17-13(14(18)19)12-7-4-8-21-12/h2-8,13H,9H2,1H3,(H,18,19)(H2,16,17,20). The second-order valence-corrected chi connectivity index (χ2v) is 5.52. The average Bonchev–Trinajstić information content (AvgIpc) is 2.97. The largest absolute Gasteiger partial charge is 0.479 e. The molecule has 6 heteroatoms. The maximum absolute atomic E-state index is 11.9. The van der Waals surface area contributed by atoms with Gasteiger partial charge in [-0.15, -0.1) is 11.3 Å². The van der Waals surface area contributed by atoms with Crippen molar-refractivity contribution >= 4 is 23.3 Å². The molecule has 0 aliphatic rings. The van der Waals surface area contributed by atoms with Crippen molar-refractivity contribution in [2.75, 3.05) is 0 Å². The van der Waals surface area contributed by atoms with Crippen LogP contribution in [0.15, 0.2) is 41.8 Å². The number of benzene rings is 1. The SMILES string of the molecule is Cc1ccccc1CNC(=O)NC(C(=O)O)c1cccs1. The van der Waals surface area contributed by atoms with E-state index in [2.05, 4.69) is 10.6 Å². The molecule has 1 heterocycles. The van der Waals surface area contributed by atoms with Crippen molar-refractivity contribution in [2.24, 2.45) is 0 Å². The Balaban J connectivity index is 1.94. The van der Waals surface area contributed by atoms with Crippen LogP contribution in [0.1, 0.15) is 22.0 Å². The van der Waals surface area contributed by atoms with Gasteiger partial charge in [0.05, 0.1) is 0 Å². The Labute approximate surface area is 126 Å². The Kier molecular flexibility index (Phi) is 4.94. The van der Waals surface area contributed by atoms with E-state index >= 15 is 0 Å². The van der Waals surface area contributed by atoms with E-state index in [0.29, 0.717) is 11.4 Å². The third-order valence-electron chi connectivity index (χ3n) is 3.05. The number of rotatable bonds is 5. The summed E-state index contributed by atoms with van der Waals surface area (Å²) in [6.45, 7) is 2.32. The van der Waals surface area contributed by atoms with E-state index in [-0.39, 0.29) is 0 Å². The summed E-state index contributed by atoms with van der Waals surface area (Å²) in [4.78, 5) is 23.7. The number of carboxylic acids is 1. The van der Waals surface area contributed by atoms with Gasteiger partial charge in [0, 0.05) is 11.4 Å². The van der Waals surface area contributed by atoms with Gasteiger partial charge in [-0.05, 0) is 29.5 Å². The lowest BCUT2D eigenvalue weighted by molar-refractivity contribution is -0.139. The van der Waals surface area contributed by atoms with E-state index in [9.17, 15) is 14.7 Å². The van der Waals surface area contributed by atoms with Gasteiger partial charge in [0.25, 0.3) is 0 Å². The zero-order chi connectivity index (χ0) is 15.2. The molecule has 2 aromatic rings. The van der Waals surface area contributed by atoms with Crippen LogP contribution in [0.25, 0.3) is 0 Å². The molecule has 1 aromatic carbocycles. The summed E-state index contributed by atoms with van der Waals surface area (Å²) in [6.07, 6.45) is 0. The third-order valence-corrected chi connectivity index (χ3v) is 3.99. The molecule has 0 aliphatic carbocycles. The van der Waals surface area contributed by atoms with E-state index in [4.69, 9.17) is 0 Å². The Morgan fingerprint density at radius 1 is 1.24 bits per heavy atom. The molecule has 0 bridgehead atoms. The minimum absolute atomic E-state index is 0.356. The predicted octanol–water partition coefficient (Wildman–Crippen LogP) is 2.68. The summed E-state index contributed by atoms with van der Waals surface area (Å²) in [5, 5.41) is 16.1. The van der Waals surface area contributed by atoms with Crippen molar-refractivity contribution in [3.8, 4) is 0 Å². The molecule has 0 saturated heterocycles. The molecule has 5 nitrogen and oxygen atoms in total. The maximum atomic E-state index is 11.9. The van der Waals surface area contributed by atoms with Crippen molar-refractivity contribution in [2.45, 2.75) is 19.5 Å². The fourth-order valence-corrected chi connectivity index (χ4v) is 2.64. The van der Waals surface area contributed by atoms with Crippen LogP contribution < -0.4 is 10.6 Å². The highest BCUT2D eigenvalue weighted by atomic mass is 32.1. The first kappa shape index (κ1) is 15.1. The van der Waals surface area contributed by atoms with Crippen molar-refractivity contribution in [1.29, 1.82) is 0 Å². The van der Waals surface area contributed by atoms with Crippen LogP contribution in [-0.4, -0.2) is 17.1 Å². The number of carboxylic acid groups (broad SMARTS) is 1. The van der Waals surface area contributed by atoms with Gasteiger partial charge in [0.1, 0.15) is 0 Å². The first-order chi connectivity index (χ1) is 10.1. The molecule has 0 fully saturated rings. The number of aliphatic carboxylic acids is 1.